The SMILES string of the molecule is NC(=O)CCC1CN(c2ccccc2)CCN1c1cccc2c1NC(=O)CC2. The second kappa shape index (κ2) is 7.92. The monoisotopic (exact) mass is 378 g/mol. The van der Waals surface area contributed by atoms with Gasteiger partial charge in [0.1, 0.15) is 0 Å². The summed E-state index contributed by atoms with van der Waals surface area (Å²) in [5.41, 5.74) is 9.78. The molecule has 2 aromatic carbocycles. The molecule has 2 amide bonds. The summed E-state index contributed by atoms with van der Waals surface area (Å²) in [4.78, 5) is 28.1. The number of hydrogen-bond donors (Lipinski definition) is 2. The summed E-state index contributed by atoms with van der Waals surface area (Å²) in [6, 6.07) is 16.7. The number of amides is 2. The number of piperazine rings is 1. The molecule has 1 fully saturated rings. The maximum absolute atomic E-state index is 12.0. The average Bonchev–Trinajstić information content (AvgIpc) is 2.72. The van der Waals surface area contributed by atoms with Gasteiger partial charge in [-0.15, -0.1) is 0 Å². The van der Waals surface area contributed by atoms with Gasteiger partial charge in [-0.05, 0) is 36.6 Å². The van der Waals surface area contributed by atoms with E-state index in [0.29, 0.717) is 19.3 Å². The van der Waals surface area contributed by atoms with Crippen LogP contribution in [-0.4, -0.2) is 37.5 Å². The van der Waals surface area contributed by atoms with Crippen molar-refractivity contribution >= 4 is 28.9 Å². The molecular weight excluding hydrogens is 352 g/mol. The van der Waals surface area contributed by atoms with Crippen molar-refractivity contribution in [1.29, 1.82) is 0 Å². The highest BCUT2D eigenvalue weighted by Crippen LogP contribution is 2.36. The Morgan fingerprint density at radius 3 is 2.68 bits per heavy atom. The van der Waals surface area contributed by atoms with Crippen molar-refractivity contribution in [3.8, 4) is 0 Å². The van der Waals surface area contributed by atoms with Gasteiger partial charge < -0.3 is 20.9 Å². The van der Waals surface area contributed by atoms with Gasteiger partial charge in [0, 0.05) is 44.2 Å². The Hall–Kier alpha value is -3.02. The van der Waals surface area contributed by atoms with Crippen LogP contribution in [0.1, 0.15) is 24.8 Å². The highest BCUT2D eigenvalue weighted by atomic mass is 16.2. The molecule has 4 rings (SSSR count). The molecule has 6 heteroatoms. The quantitative estimate of drug-likeness (QED) is 0.838. The molecule has 0 spiro atoms. The molecule has 1 unspecified atom stereocenters. The molecule has 0 bridgehead atoms. The average molecular weight is 378 g/mol. The van der Waals surface area contributed by atoms with Gasteiger partial charge in [-0.1, -0.05) is 30.3 Å². The lowest BCUT2D eigenvalue weighted by atomic mass is 9.98. The zero-order chi connectivity index (χ0) is 19.5. The van der Waals surface area contributed by atoms with Crippen molar-refractivity contribution in [1.82, 2.24) is 0 Å². The molecule has 0 saturated carbocycles. The van der Waals surface area contributed by atoms with E-state index in [1.807, 2.05) is 18.2 Å². The molecule has 146 valence electrons. The molecule has 1 saturated heterocycles. The molecule has 0 aromatic heterocycles. The van der Waals surface area contributed by atoms with Gasteiger partial charge >= 0.3 is 0 Å². The van der Waals surface area contributed by atoms with E-state index in [-0.39, 0.29) is 17.9 Å². The Kier molecular flexibility index (Phi) is 5.19. The summed E-state index contributed by atoms with van der Waals surface area (Å²) >= 11 is 0. The van der Waals surface area contributed by atoms with Crippen molar-refractivity contribution in [2.75, 3.05) is 34.8 Å². The molecule has 2 aromatic rings. The third-order valence-electron chi connectivity index (χ3n) is 5.65. The fourth-order valence-corrected chi connectivity index (χ4v) is 4.23. The van der Waals surface area contributed by atoms with Crippen molar-refractivity contribution in [2.24, 2.45) is 5.73 Å². The molecular formula is C22H26N4O2. The van der Waals surface area contributed by atoms with E-state index >= 15 is 0 Å². The van der Waals surface area contributed by atoms with Crippen LogP contribution in [0.15, 0.2) is 48.5 Å². The van der Waals surface area contributed by atoms with E-state index in [4.69, 9.17) is 5.73 Å². The zero-order valence-corrected chi connectivity index (χ0v) is 15.9. The summed E-state index contributed by atoms with van der Waals surface area (Å²) in [7, 11) is 0. The van der Waals surface area contributed by atoms with Crippen LogP contribution in [0.4, 0.5) is 17.1 Å². The highest BCUT2D eigenvalue weighted by Gasteiger charge is 2.30. The fourth-order valence-electron chi connectivity index (χ4n) is 4.23. The topological polar surface area (TPSA) is 78.7 Å². The maximum atomic E-state index is 12.0. The van der Waals surface area contributed by atoms with Gasteiger partial charge in [-0.3, -0.25) is 9.59 Å². The number of benzene rings is 2. The number of nitrogens with two attached hydrogens (primary N) is 1. The minimum Gasteiger partial charge on any atom is -0.370 e. The van der Waals surface area contributed by atoms with Gasteiger partial charge in [0.05, 0.1) is 11.4 Å². The lowest BCUT2D eigenvalue weighted by Gasteiger charge is -2.45. The Morgan fingerprint density at radius 1 is 1.07 bits per heavy atom. The molecule has 0 aliphatic carbocycles. The Balaban J connectivity index is 1.62. The standard InChI is InChI=1S/C22H26N4O2/c23-20(27)11-10-18-15-25(17-6-2-1-3-7-17)13-14-26(18)19-8-4-5-16-9-12-21(28)24-22(16)19/h1-8,18H,9-15H2,(H2,23,27)(H,24,28). The first-order chi connectivity index (χ1) is 13.6. The lowest BCUT2D eigenvalue weighted by molar-refractivity contribution is -0.118. The van der Waals surface area contributed by atoms with E-state index in [0.717, 1.165) is 37.4 Å². The van der Waals surface area contributed by atoms with Crippen LogP contribution in [-0.2, 0) is 16.0 Å². The van der Waals surface area contributed by atoms with Crippen molar-refractivity contribution in [2.45, 2.75) is 31.7 Å². The van der Waals surface area contributed by atoms with Gasteiger partial charge in [0.15, 0.2) is 0 Å². The summed E-state index contributed by atoms with van der Waals surface area (Å²) in [6.45, 7) is 2.52. The van der Waals surface area contributed by atoms with Crippen molar-refractivity contribution in [3.05, 3.63) is 54.1 Å². The minimum atomic E-state index is -0.278. The van der Waals surface area contributed by atoms with Gasteiger partial charge in [-0.25, -0.2) is 0 Å². The van der Waals surface area contributed by atoms with Crippen LogP contribution in [0.2, 0.25) is 0 Å². The molecule has 28 heavy (non-hydrogen) atoms. The number of primary amides is 1. The van der Waals surface area contributed by atoms with Gasteiger partial charge in [-0.2, -0.15) is 0 Å². The lowest BCUT2D eigenvalue weighted by Crippen LogP contribution is -2.54. The number of carbonyl (C=O) groups is 2. The summed E-state index contributed by atoms with van der Waals surface area (Å²) in [6.07, 6.45) is 2.34. The first kappa shape index (κ1) is 18.3. The second-order valence-corrected chi connectivity index (χ2v) is 7.49. The van der Waals surface area contributed by atoms with Crippen LogP contribution in [0, 0.1) is 0 Å². The largest absolute Gasteiger partial charge is 0.370 e. The number of aryl methyl sites for hydroxylation is 1. The molecule has 6 nitrogen and oxygen atoms in total. The predicted molar refractivity (Wildman–Crippen MR) is 112 cm³/mol. The molecule has 1 atom stereocenters. The van der Waals surface area contributed by atoms with Gasteiger partial charge in [0.25, 0.3) is 0 Å². The second-order valence-electron chi connectivity index (χ2n) is 7.49. The summed E-state index contributed by atoms with van der Waals surface area (Å²) < 4.78 is 0. The first-order valence-electron chi connectivity index (χ1n) is 9.88. The predicted octanol–water partition coefficient (Wildman–Crippen LogP) is 2.53. The van der Waals surface area contributed by atoms with Crippen molar-refractivity contribution in [3.63, 3.8) is 0 Å². The Morgan fingerprint density at radius 2 is 1.89 bits per heavy atom. The maximum Gasteiger partial charge on any atom is 0.224 e. The molecule has 0 radical (unpaired) electrons. The summed E-state index contributed by atoms with van der Waals surface area (Å²) in [5, 5.41) is 3.07. The first-order valence-corrected chi connectivity index (χ1v) is 9.88. The third-order valence-corrected chi connectivity index (χ3v) is 5.65. The zero-order valence-electron chi connectivity index (χ0n) is 15.9. The van der Waals surface area contributed by atoms with E-state index in [1.165, 1.54) is 11.3 Å². The number of fused-ring (bicyclic) bond motifs is 1. The van der Waals surface area contributed by atoms with E-state index < -0.39 is 0 Å². The van der Waals surface area contributed by atoms with E-state index in [1.54, 1.807) is 0 Å². The minimum absolute atomic E-state index is 0.0663. The fraction of sp³-hybridized carbons (Fsp3) is 0.364. The number of nitrogens with one attached hydrogen (secondary N) is 1. The van der Waals surface area contributed by atoms with Crippen LogP contribution in [0.3, 0.4) is 0 Å². The highest BCUT2D eigenvalue weighted by molar-refractivity contribution is 5.98. The number of carbonyl (C=O) groups excluding carboxylic acids is 2. The Labute approximate surface area is 165 Å². The molecule has 2 aliphatic heterocycles. The van der Waals surface area contributed by atoms with Crippen LogP contribution < -0.4 is 20.9 Å². The normalized spacial score (nSPS) is 19.1. The molecule has 2 aliphatic rings. The van der Waals surface area contributed by atoms with Crippen LogP contribution in [0.25, 0.3) is 0 Å². The molecule has 3 N–H and O–H groups in total. The summed E-state index contributed by atoms with van der Waals surface area (Å²) in [5.74, 6) is -0.211. The van der Waals surface area contributed by atoms with Gasteiger partial charge in [0.2, 0.25) is 11.8 Å². The number of nitrogens with zero attached hydrogens (tertiary/aromatic N) is 2. The van der Waals surface area contributed by atoms with E-state index in [2.05, 4.69) is 45.4 Å². The number of anilines is 3. The smallest absolute Gasteiger partial charge is 0.224 e. The third kappa shape index (κ3) is 3.81. The van der Waals surface area contributed by atoms with E-state index in [9.17, 15) is 9.59 Å². The van der Waals surface area contributed by atoms with Crippen LogP contribution >= 0.6 is 0 Å². The Bertz CT molecular complexity index is 868. The van der Waals surface area contributed by atoms with Crippen molar-refractivity contribution < 1.29 is 9.59 Å². The molecule has 2 heterocycles. The number of hydrogen-bond acceptors (Lipinski definition) is 4. The van der Waals surface area contributed by atoms with Crippen LogP contribution in [0.5, 0.6) is 0 Å². The number of para-hydroxylation sites is 2. The number of rotatable bonds is 5.